The fourth-order valence-corrected chi connectivity index (χ4v) is 18.3. The summed E-state index contributed by atoms with van der Waals surface area (Å²) in [7, 11) is 0. The summed E-state index contributed by atoms with van der Waals surface area (Å²) in [6.45, 7) is 26.5. The van der Waals surface area contributed by atoms with Crippen LogP contribution in [0, 0.1) is 43.1 Å². The Balaban J connectivity index is 0.000000166. The van der Waals surface area contributed by atoms with Crippen molar-refractivity contribution >= 4 is 124 Å². The number of anilines is 7. The third-order valence-electron chi connectivity index (χ3n) is 24.1. The molecule has 0 bridgehead atoms. The molecule has 6 N–H and O–H groups in total. The van der Waals surface area contributed by atoms with E-state index in [0.717, 1.165) is 165 Å². The first kappa shape index (κ1) is 106. The fourth-order valence-electron chi connectivity index (χ4n) is 17.6. The number of carbonyl (C=O) groups excluding carboxylic acids is 1. The van der Waals surface area contributed by atoms with Gasteiger partial charge in [0.2, 0.25) is 11.6 Å². The smallest absolute Gasteiger partial charge is 0.477 e. The second-order valence-corrected chi connectivity index (χ2v) is 36.3. The van der Waals surface area contributed by atoms with Crippen molar-refractivity contribution in [2.75, 3.05) is 139 Å². The number of ketones is 1. The standard InChI is InChI=1S/C29H27ClF3N5O2.C19H16F3N3O.C19H20F3N3O.C12H13F3N2O.C9H8ClN3O2.C7H4IN.2CH4.H2O.H3P/c1-2-24-26(38-14-20(30)13-34-27(38)35-24)25(39)12-5-19-3-6-21(7-4-19)36-15-28(16-36)17-37(18-28)22-8-10-23(11-9-22)40-29(31,32)33;1-23-14-2-4-15(5-3-14)24-10-18(11-24)12-25(13-18)16-6-8-17(9-7-16)26-19(20,21)22;20-19(21,22)26-17-7-5-16(6-8-17)25-12-18(13-25)10-24(11-18)15-3-1-14(9-23)2-4-15;13-12(14,15)18-10-3-1-9(2-4-10)17-7-11(8-17)5-16-6-11;1-2-6-7(8(14)15)13-4-5(10)3-11-9(13)12-6;8-7-3-1-6(5-9)2-4-7;;;;/h3-4,6-11,13-14H,2,5,12,15-18H2,1H3;2-9H,10-13H2;1-8H,9-13,23H2;1-4,16H,5-8H2;3-4H,2H2,1H3,(H,14,15);1-4H;2*1H4;1H2;1H3. The third-order valence-corrected chi connectivity index (χ3v) is 25.2. The number of nitriles is 1. The summed E-state index contributed by atoms with van der Waals surface area (Å²) in [6, 6.07) is 57.9. The maximum absolute atomic E-state index is 13.1. The number of aromatic nitrogens is 6. The number of benzene rings is 8. The summed E-state index contributed by atoms with van der Waals surface area (Å²) in [5, 5.41) is 21.5. The van der Waals surface area contributed by atoms with Crippen LogP contribution in [0.1, 0.15) is 84.2 Å². The summed E-state index contributed by atoms with van der Waals surface area (Å²) in [6.07, 6.45) is -10.3. The van der Waals surface area contributed by atoms with Crippen molar-refractivity contribution < 1.29 is 91.8 Å². The number of aryl methyl sites for hydroxylation is 3. The van der Waals surface area contributed by atoms with Gasteiger partial charge in [0.25, 0.3) is 0 Å². The molecule has 25 nitrogen and oxygen atoms in total. The van der Waals surface area contributed by atoms with Crippen LogP contribution in [0.5, 0.6) is 23.0 Å². The number of fused-ring (bicyclic) bond motifs is 2. The molecular formula is C97H101Cl2F12IN17O8P. The molecule has 12 heterocycles. The van der Waals surface area contributed by atoms with Gasteiger partial charge >= 0.3 is 31.4 Å². The molecule has 8 saturated heterocycles. The first-order valence-electron chi connectivity index (χ1n) is 42.5. The van der Waals surface area contributed by atoms with E-state index in [4.69, 9.17) is 45.9 Å². The van der Waals surface area contributed by atoms with Crippen molar-refractivity contribution in [3.8, 4) is 29.1 Å². The number of nitrogens with zero attached hydrogens (tertiary/aromatic N) is 15. The van der Waals surface area contributed by atoms with Crippen LogP contribution >= 0.6 is 55.7 Å². The van der Waals surface area contributed by atoms with Gasteiger partial charge in [0, 0.05) is 195 Å². The van der Waals surface area contributed by atoms with E-state index in [2.05, 4.69) is 161 Å². The minimum atomic E-state index is -4.69. The fraction of sp³-hybridized carbons (Fsp3) is 0.340. The summed E-state index contributed by atoms with van der Waals surface area (Å²) in [5.41, 5.74) is 19.4. The summed E-state index contributed by atoms with van der Waals surface area (Å²) in [5.74, 6) is -0.953. The van der Waals surface area contributed by atoms with Gasteiger partial charge in [-0.1, -0.05) is 88.3 Å². The first-order valence-corrected chi connectivity index (χ1v) is 44.3. The molecule has 4 aromatic heterocycles. The highest BCUT2D eigenvalue weighted by Gasteiger charge is 2.55. The monoisotopic (exact) mass is 2090 g/mol. The van der Waals surface area contributed by atoms with Crippen molar-refractivity contribution in [3.05, 3.63) is 283 Å². The largest absolute Gasteiger partial charge is 0.573 e. The van der Waals surface area contributed by atoms with Gasteiger partial charge in [-0.15, -0.1) is 52.7 Å². The lowest BCUT2D eigenvalue weighted by Crippen LogP contribution is -2.72. The van der Waals surface area contributed by atoms with E-state index in [1.165, 1.54) is 77.2 Å². The lowest BCUT2D eigenvalue weighted by Gasteiger charge is -2.61. The molecular weight excluding hydrogens is 1990 g/mol. The maximum atomic E-state index is 13.1. The Labute approximate surface area is 815 Å². The number of Topliss-reactive ketones (excluding diaryl/α,β-unsaturated/α-hetero) is 1. The van der Waals surface area contributed by atoms with Gasteiger partial charge in [-0.3, -0.25) is 13.6 Å². The number of hydrogen-bond donors (Lipinski definition) is 3. The molecule has 8 aliphatic rings. The third kappa shape index (κ3) is 26.2. The average Bonchev–Trinajstić information content (AvgIpc) is 1.04. The Bertz CT molecular complexity index is 6190. The summed E-state index contributed by atoms with van der Waals surface area (Å²) >= 11 is 14.0. The number of nitrogens with two attached hydrogens (primary N) is 1. The molecule has 4 spiro atoms. The zero-order valence-corrected chi connectivity index (χ0v) is 78.3. The number of hydrogen-bond acceptors (Lipinski definition) is 20. The predicted octanol–water partition coefficient (Wildman–Crippen LogP) is 20.1. The van der Waals surface area contributed by atoms with Gasteiger partial charge in [-0.2, -0.15) is 15.2 Å². The molecule has 1 atom stereocenters. The Morgan fingerprint density at radius 1 is 0.471 bits per heavy atom. The van der Waals surface area contributed by atoms with E-state index >= 15 is 0 Å². The van der Waals surface area contributed by atoms with Crippen LogP contribution < -0.4 is 64.3 Å². The molecule has 1 unspecified atom stereocenters. The van der Waals surface area contributed by atoms with Gasteiger partial charge in [-0.25, -0.2) is 29.6 Å². The number of imidazole rings is 2. The number of rotatable bonds is 19. The van der Waals surface area contributed by atoms with Gasteiger partial charge in [-0.05, 0) is 211 Å². The topological polar surface area (TPSA) is 272 Å². The highest BCUT2D eigenvalue weighted by molar-refractivity contribution is 14.1. The molecule has 41 heteroatoms. The molecule has 732 valence electrons. The zero-order chi connectivity index (χ0) is 95.3. The molecule has 8 aromatic carbocycles. The molecule has 8 aliphatic heterocycles. The zero-order valence-electron chi connectivity index (χ0n) is 73.2. The minimum Gasteiger partial charge on any atom is -0.477 e. The van der Waals surface area contributed by atoms with Gasteiger partial charge in [0.05, 0.1) is 52.0 Å². The summed E-state index contributed by atoms with van der Waals surface area (Å²) in [4.78, 5) is 60.0. The minimum absolute atomic E-state index is 0. The van der Waals surface area contributed by atoms with Gasteiger partial charge < -0.3 is 74.9 Å². The number of carbonyl (C=O) groups is 2. The molecule has 12 aromatic rings. The highest BCUT2D eigenvalue weighted by Crippen LogP contribution is 2.48. The van der Waals surface area contributed by atoms with Crippen molar-refractivity contribution in [2.45, 2.75) is 86.4 Å². The lowest BCUT2D eigenvalue weighted by atomic mass is 9.72. The van der Waals surface area contributed by atoms with Crippen molar-refractivity contribution in [1.29, 1.82) is 5.26 Å². The SMILES string of the molecule is C.C.CCc1nc2ncc(Cl)cn2c1C(=O)CCc1ccc(N2CC3(C2)CN(c2ccc(OC(F)(F)F)cc2)C3)cc1.CCc1nc2ncc(Cl)cn2c1C(=O)O.FC(F)(F)Oc1ccc(N2CC3(CNC3)C2)cc1.N#Cc1ccc(I)cc1.NCc1ccc(N2CC3(C2)CN(c2ccc(OC(F)(F)F)cc2)C3)cc1.O.P.[C-]#[N+]c1ccc(N2CC3(C2)CN(c2ccc(OC(F)(F)F)cc2)C3)cc1. The van der Waals surface area contributed by atoms with Crippen molar-refractivity contribution in [1.82, 2.24) is 34.1 Å². The van der Waals surface area contributed by atoms with Gasteiger partial charge in [0.1, 0.15) is 28.7 Å². The quantitative estimate of drug-likeness (QED) is 0.0223. The Morgan fingerprint density at radius 2 is 0.754 bits per heavy atom. The number of nitrogens with one attached hydrogen (secondary N) is 1. The van der Waals surface area contributed by atoms with E-state index in [9.17, 15) is 62.3 Å². The predicted molar refractivity (Wildman–Crippen MR) is 520 cm³/mol. The Morgan fingerprint density at radius 3 is 1.02 bits per heavy atom. The average molecular weight is 2090 g/mol. The molecule has 138 heavy (non-hydrogen) atoms. The second kappa shape index (κ2) is 43.8. The molecule has 0 radical (unpaired) electrons. The number of halogens is 15. The van der Waals surface area contributed by atoms with Crippen LogP contribution in [0.25, 0.3) is 16.4 Å². The van der Waals surface area contributed by atoms with Crippen molar-refractivity contribution in [2.24, 2.45) is 27.4 Å². The van der Waals surface area contributed by atoms with Crippen LogP contribution in [0.4, 0.5) is 98.2 Å². The number of alkyl halides is 12. The number of ether oxygens (including phenoxy) is 4. The lowest BCUT2D eigenvalue weighted by molar-refractivity contribution is -0.275. The van der Waals surface area contributed by atoms with E-state index in [-0.39, 0.29) is 80.9 Å². The second-order valence-electron chi connectivity index (χ2n) is 34.2. The summed E-state index contributed by atoms with van der Waals surface area (Å²) < 4.78 is 166. The number of carboxylic acids is 1. The van der Waals surface area contributed by atoms with E-state index in [1.54, 1.807) is 59.1 Å². The maximum Gasteiger partial charge on any atom is 0.573 e. The molecule has 20 rings (SSSR count). The van der Waals surface area contributed by atoms with E-state index < -0.39 is 31.4 Å². The number of aromatic carboxylic acids is 1. The van der Waals surface area contributed by atoms with Crippen LogP contribution in [0.3, 0.4) is 0 Å². The van der Waals surface area contributed by atoms with Crippen LogP contribution in [-0.4, -0.2) is 181 Å². The van der Waals surface area contributed by atoms with Gasteiger partial charge in [0.15, 0.2) is 17.2 Å². The Kier molecular flexibility index (Phi) is 33.7. The first-order chi connectivity index (χ1) is 63.7. The molecule has 0 amide bonds. The molecule has 0 saturated carbocycles. The van der Waals surface area contributed by atoms with Crippen LogP contribution in [0.2, 0.25) is 10.0 Å². The Hall–Kier alpha value is -12.3. The van der Waals surface area contributed by atoms with Crippen LogP contribution in [0.15, 0.2) is 219 Å². The van der Waals surface area contributed by atoms with Crippen LogP contribution in [-0.2, 0) is 25.8 Å². The molecule has 8 fully saturated rings. The van der Waals surface area contributed by atoms with Crippen molar-refractivity contribution in [3.63, 3.8) is 0 Å². The highest BCUT2D eigenvalue weighted by atomic mass is 127. The molecule has 0 aliphatic carbocycles. The number of carboxylic acid groups (broad SMARTS) is 1. The van der Waals surface area contributed by atoms with E-state index in [0.29, 0.717) is 76.3 Å². The normalized spacial score (nSPS) is 16.1. The van der Waals surface area contributed by atoms with E-state index in [1.807, 2.05) is 62.4 Å².